The Morgan fingerprint density at radius 3 is 2.94 bits per heavy atom. The molecule has 0 saturated heterocycles. The number of carbonyl (C=O) groups excluding carboxylic acids is 1. The highest BCUT2D eigenvalue weighted by Crippen LogP contribution is 2.37. The third kappa shape index (κ3) is 4.60. The lowest BCUT2D eigenvalue weighted by Gasteiger charge is -2.13. The Balaban J connectivity index is 1.46. The van der Waals surface area contributed by atoms with E-state index in [9.17, 15) is 14.9 Å². The van der Waals surface area contributed by atoms with E-state index in [-0.39, 0.29) is 22.4 Å². The lowest BCUT2D eigenvalue weighted by atomic mass is 9.96. The van der Waals surface area contributed by atoms with Crippen molar-refractivity contribution in [1.82, 2.24) is 14.8 Å². The fraction of sp³-hybridized carbons (Fsp3) is 0.350. The van der Waals surface area contributed by atoms with E-state index in [1.54, 1.807) is 11.3 Å². The van der Waals surface area contributed by atoms with E-state index in [2.05, 4.69) is 20.9 Å². The molecule has 1 aliphatic carbocycles. The number of thioether (sulfide) groups is 1. The number of nitro benzene ring substituents is 1. The first-order chi connectivity index (χ1) is 15.0. The molecule has 4 rings (SSSR count). The second-order valence-corrected chi connectivity index (χ2v) is 9.38. The van der Waals surface area contributed by atoms with Crippen molar-refractivity contribution in [3.8, 4) is 11.4 Å². The van der Waals surface area contributed by atoms with E-state index in [0.29, 0.717) is 17.4 Å². The van der Waals surface area contributed by atoms with E-state index in [0.717, 1.165) is 24.2 Å². The fourth-order valence-electron chi connectivity index (χ4n) is 3.62. The number of aryl methyl sites for hydroxylation is 1. The predicted molar refractivity (Wildman–Crippen MR) is 123 cm³/mol. The van der Waals surface area contributed by atoms with Crippen LogP contribution in [0, 0.1) is 10.1 Å². The smallest absolute Gasteiger partial charge is 0.289 e. The average molecular weight is 478 g/mol. The lowest BCUT2D eigenvalue weighted by molar-refractivity contribution is -0.384. The van der Waals surface area contributed by atoms with Gasteiger partial charge < -0.3 is 9.88 Å². The molecule has 0 atom stereocenters. The summed E-state index contributed by atoms with van der Waals surface area (Å²) >= 11 is 8.89. The van der Waals surface area contributed by atoms with Crippen LogP contribution < -0.4 is 5.32 Å². The van der Waals surface area contributed by atoms with Gasteiger partial charge in [-0.05, 0) is 50.3 Å². The van der Waals surface area contributed by atoms with Crippen molar-refractivity contribution in [3.63, 3.8) is 0 Å². The molecule has 0 bridgehead atoms. The summed E-state index contributed by atoms with van der Waals surface area (Å²) in [6, 6.07) is 4.17. The Kier molecular flexibility index (Phi) is 6.59. The van der Waals surface area contributed by atoms with Gasteiger partial charge >= 0.3 is 0 Å². The summed E-state index contributed by atoms with van der Waals surface area (Å²) < 4.78 is 2.03. The van der Waals surface area contributed by atoms with Gasteiger partial charge in [0.25, 0.3) is 5.69 Å². The zero-order chi connectivity index (χ0) is 22.0. The summed E-state index contributed by atoms with van der Waals surface area (Å²) in [6.07, 6.45) is 4.63. The maximum atomic E-state index is 12.4. The maximum Gasteiger partial charge on any atom is 0.289 e. The molecule has 0 saturated carbocycles. The van der Waals surface area contributed by atoms with Crippen LogP contribution in [0.4, 0.5) is 11.4 Å². The largest absolute Gasteiger partial charge is 0.325 e. The average Bonchev–Trinajstić information content (AvgIpc) is 3.36. The summed E-state index contributed by atoms with van der Waals surface area (Å²) in [5.41, 5.74) is 2.61. The molecule has 3 aromatic rings. The number of hydrogen-bond acceptors (Lipinski definition) is 7. The number of fused-ring (bicyclic) bond motifs is 1. The van der Waals surface area contributed by atoms with Crippen molar-refractivity contribution in [2.75, 3.05) is 11.1 Å². The van der Waals surface area contributed by atoms with E-state index in [1.165, 1.54) is 53.2 Å². The van der Waals surface area contributed by atoms with Crippen molar-refractivity contribution in [2.45, 2.75) is 44.3 Å². The monoisotopic (exact) mass is 477 g/mol. The van der Waals surface area contributed by atoms with Crippen LogP contribution in [-0.4, -0.2) is 31.3 Å². The van der Waals surface area contributed by atoms with Crippen molar-refractivity contribution in [3.05, 3.63) is 49.2 Å². The molecule has 2 aromatic heterocycles. The number of nitrogens with zero attached hydrogens (tertiary/aromatic N) is 4. The van der Waals surface area contributed by atoms with Crippen molar-refractivity contribution in [1.29, 1.82) is 0 Å². The van der Waals surface area contributed by atoms with E-state index in [1.807, 2.05) is 11.5 Å². The quantitative estimate of drug-likeness (QED) is 0.285. The summed E-state index contributed by atoms with van der Waals surface area (Å²) in [4.78, 5) is 24.3. The van der Waals surface area contributed by atoms with Crippen LogP contribution in [0.15, 0.2) is 28.7 Å². The number of anilines is 1. The maximum absolute atomic E-state index is 12.4. The highest BCUT2D eigenvalue weighted by molar-refractivity contribution is 7.99. The van der Waals surface area contributed by atoms with Crippen molar-refractivity contribution < 1.29 is 9.72 Å². The lowest BCUT2D eigenvalue weighted by Crippen LogP contribution is -2.14. The van der Waals surface area contributed by atoms with E-state index in [4.69, 9.17) is 11.6 Å². The molecular formula is C20H20ClN5O3S2. The Hall–Kier alpha value is -2.43. The first-order valence-corrected chi connectivity index (χ1v) is 12.1. The molecule has 1 amide bonds. The Morgan fingerprint density at radius 2 is 2.16 bits per heavy atom. The number of nitro groups is 1. The zero-order valence-electron chi connectivity index (χ0n) is 16.8. The number of benzene rings is 1. The van der Waals surface area contributed by atoms with Crippen LogP contribution in [0.2, 0.25) is 5.02 Å². The van der Waals surface area contributed by atoms with Crippen LogP contribution in [0.1, 0.15) is 30.2 Å². The molecule has 1 aliphatic rings. The molecular weight excluding hydrogens is 458 g/mol. The number of halogens is 1. The minimum Gasteiger partial charge on any atom is -0.325 e. The van der Waals surface area contributed by atoms with Crippen molar-refractivity contribution in [2.24, 2.45) is 0 Å². The molecule has 0 aliphatic heterocycles. The van der Waals surface area contributed by atoms with Gasteiger partial charge in [-0.3, -0.25) is 14.9 Å². The number of carbonyl (C=O) groups is 1. The topological polar surface area (TPSA) is 103 Å². The second kappa shape index (κ2) is 9.37. The summed E-state index contributed by atoms with van der Waals surface area (Å²) in [5.74, 6) is 0.663. The van der Waals surface area contributed by atoms with Gasteiger partial charge in [-0.2, -0.15) is 0 Å². The van der Waals surface area contributed by atoms with Gasteiger partial charge in [-0.25, -0.2) is 0 Å². The number of nitrogens with one attached hydrogen (secondary N) is 1. The van der Waals surface area contributed by atoms with Gasteiger partial charge in [-0.15, -0.1) is 21.5 Å². The number of aromatic nitrogens is 3. The second-order valence-electron chi connectivity index (χ2n) is 7.07. The molecule has 0 fully saturated rings. The first-order valence-electron chi connectivity index (χ1n) is 9.87. The third-order valence-corrected chi connectivity index (χ3v) is 7.47. The molecule has 162 valence electrons. The fourth-order valence-corrected chi connectivity index (χ4v) is 5.73. The number of rotatable bonds is 7. The Morgan fingerprint density at radius 1 is 1.35 bits per heavy atom. The normalized spacial score (nSPS) is 13.1. The molecule has 11 heteroatoms. The van der Waals surface area contributed by atoms with Gasteiger partial charge in [0.05, 0.1) is 10.7 Å². The van der Waals surface area contributed by atoms with Gasteiger partial charge in [0.1, 0.15) is 5.02 Å². The predicted octanol–water partition coefficient (Wildman–Crippen LogP) is 5.20. The standard InChI is InChI=1S/C20H20ClN5O3S2/c1-2-25-19(14-10-30-17-6-4-3-5-13(14)17)23-24-20(25)31-11-18(27)22-12-7-8-15(21)16(9-12)26(28)29/h7-10H,2-6,11H2,1H3,(H,22,27). The first kappa shape index (κ1) is 21.8. The molecule has 0 unspecified atom stereocenters. The number of hydrogen-bond donors (Lipinski definition) is 1. The highest BCUT2D eigenvalue weighted by Gasteiger charge is 2.22. The zero-order valence-corrected chi connectivity index (χ0v) is 19.1. The van der Waals surface area contributed by atoms with Crippen molar-refractivity contribution >= 4 is 52.0 Å². The summed E-state index contributed by atoms with van der Waals surface area (Å²) in [6.45, 7) is 2.73. The molecule has 2 heterocycles. The summed E-state index contributed by atoms with van der Waals surface area (Å²) in [7, 11) is 0. The minimum atomic E-state index is -0.582. The van der Waals surface area contributed by atoms with Crippen LogP contribution in [0.25, 0.3) is 11.4 Å². The van der Waals surface area contributed by atoms with Crippen LogP contribution in [0.5, 0.6) is 0 Å². The minimum absolute atomic E-state index is 0.0246. The third-order valence-electron chi connectivity index (χ3n) is 5.09. The van der Waals surface area contributed by atoms with E-state index < -0.39 is 4.92 Å². The van der Waals surface area contributed by atoms with Crippen LogP contribution in [-0.2, 0) is 24.2 Å². The Bertz CT molecular complexity index is 1140. The molecule has 0 spiro atoms. The molecule has 1 N–H and O–H groups in total. The van der Waals surface area contributed by atoms with Crippen LogP contribution in [0.3, 0.4) is 0 Å². The number of amides is 1. The molecule has 31 heavy (non-hydrogen) atoms. The Labute approximate surface area is 192 Å². The molecule has 8 nitrogen and oxygen atoms in total. The van der Waals surface area contributed by atoms with Gasteiger partial charge in [-0.1, -0.05) is 23.4 Å². The van der Waals surface area contributed by atoms with Gasteiger partial charge in [0.15, 0.2) is 11.0 Å². The highest BCUT2D eigenvalue weighted by atomic mass is 35.5. The van der Waals surface area contributed by atoms with Crippen LogP contribution >= 0.6 is 34.7 Å². The molecule has 0 radical (unpaired) electrons. The summed E-state index contributed by atoms with van der Waals surface area (Å²) in [5, 5.41) is 25.3. The SMILES string of the molecule is CCn1c(SCC(=O)Nc2ccc(Cl)c([N+](=O)[O-])c2)nnc1-c1csc2c1CCCC2. The van der Waals surface area contributed by atoms with Gasteiger partial charge in [0.2, 0.25) is 5.91 Å². The van der Waals surface area contributed by atoms with Gasteiger partial charge in [0, 0.05) is 34.1 Å². The molecule has 1 aromatic carbocycles. The number of thiophene rings is 1. The van der Waals surface area contributed by atoms with E-state index >= 15 is 0 Å².